The van der Waals surface area contributed by atoms with Crippen molar-refractivity contribution in [1.29, 1.82) is 0 Å². The van der Waals surface area contributed by atoms with Crippen molar-refractivity contribution in [2.45, 2.75) is 77.4 Å². The lowest BCUT2D eigenvalue weighted by Crippen LogP contribution is -2.65. The van der Waals surface area contributed by atoms with Gasteiger partial charge in [-0.2, -0.15) is 0 Å². The number of imide groups is 1. The first-order chi connectivity index (χ1) is 11.7. The molecule has 2 rings (SSSR count). The number of rotatable bonds is 6. The second kappa shape index (κ2) is 7.33. The van der Waals surface area contributed by atoms with Gasteiger partial charge >= 0.3 is 6.09 Å². The summed E-state index contributed by atoms with van der Waals surface area (Å²) in [5.74, 6) is -0.326. The maximum atomic E-state index is 12.7. The molecule has 2 heterocycles. The van der Waals surface area contributed by atoms with Crippen LogP contribution in [0.5, 0.6) is 0 Å². The van der Waals surface area contributed by atoms with Crippen molar-refractivity contribution in [1.82, 2.24) is 4.90 Å². The molecule has 0 saturated carbocycles. The summed E-state index contributed by atoms with van der Waals surface area (Å²) in [5.41, 5.74) is 0.0839. The highest BCUT2D eigenvalue weighted by atomic mass is 28.4. The molecule has 0 radical (unpaired) electrons. The summed E-state index contributed by atoms with van der Waals surface area (Å²) in [4.78, 5) is 26.4. The van der Waals surface area contributed by atoms with Crippen LogP contribution >= 0.6 is 0 Å². The summed E-state index contributed by atoms with van der Waals surface area (Å²) in [6.45, 7) is 11.7. The van der Waals surface area contributed by atoms with Crippen molar-refractivity contribution in [2.24, 2.45) is 0 Å². The standard InChI is InChI=1S/C18H29NO5Si/c1-7-25(8-2,9-3)24-15-14(13-10-11-22-12-13)19(16(15)20)17(21)23-18(4,5)6/h10-12,14-15H,7-9H2,1-6H3/t14-,15+/m1/s1. The van der Waals surface area contributed by atoms with Crippen LogP contribution in [0.2, 0.25) is 18.1 Å². The van der Waals surface area contributed by atoms with E-state index in [1.807, 2.05) is 0 Å². The SMILES string of the molecule is CC[Si](CC)(CC)O[C@@H]1C(=O)N(C(=O)OC(C)(C)C)[C@@H]1c1ccoc1. The molecule has 6 nitrogen and oxygen atoms in total. The summed E-state index contributed by atoms with van der Waals surface area (Å²) in [7, 11) is -1.99. The van der Waals surface area contributed by atoms with Gasteiger partial charge < -0.3 is 13.6 Å². The minimum absolute atomic E-state index is 0.326. The Morgan fingerprint density at radius 2 is 1.84 bits per heavy atom. The molecule has 7 heteroatoms. The molecule has 0 unspecified atom stereocenters. The smallest absolute Gasteiger partial charge is 0.417 e. The van der Waals surface area contributed by atoms with Crippen molar-refractivity contribution >= 4 is 20.3 Å². The molecule has 1 aromatic rings. The van der Waals surface area contributed by atoms with Gasteiger partial charge in [0.2, 0.25) is 0 Å². The fraction of sp³-hybridized carbons (Fsp3) is 0.667. The molecule has 25 heavy (non-hydrogen) atoms. The number of amides is 2. The van der Waals surface area contributed by atoms with Crippen LogP contribution in [-0.4, -0.2) is 36.9 Å². The average Bonchev–Trinajstić information content (AvgIpc) is 3.05. The van der Waals surface area contributed by atoms with Gasteiger partial charge in [-0.05, 0) is 45.0 Å². The minimum Gasteiger partial charge on any atom is -0.472 e. The molecule has 140 valence electrons. The van der Waals surface area contributed by atoms with Crippen LogP contribution < -0.4 is 0 Å². The molecular weight excluding hydrogens is 338 g/mol. The molecule has 0 bridgehead atoms. The van der Waals surface area contributed by atoms with Crippen LogP contribution in [0.15, 0.2) is 23.0 Å². The Kier molecular flexibility index (Phi) is 5.78. The van der Waals surface area contributed by atoms with Gasteiger partial charge in [-0.3, -0.25) is 4.79 Å². The van der Waals surface area contributed by atoms with Gasteiger partial charge in [-0.25, -0.2) is 9.69 Å². The minimum atomic E-state index is -1.99. The highest BCUT2D eigenvalue weighted by Crippen LogP contribution is 2.41. The molecule has 1 aliphatic heterocycles. The Morgan fingerprint density at radius 3 is 2.28 bits per heavy atom. The predicted octanol–water partition coefficient (Wildman–Crippen LogP) is 4.49. The Labute approximate surface area is 150 Å². The van der Waals surface area contributed by atoms with E-state index in [0.29, 0.717) is 0 Å². The second-order valence-corrected chi connectivity index (χ2v) is 12.2. The Balaban J connectivity index is 2.27. The number of β-lactam (4-membered cyclic amide) rings is 1. The molecule has 1 aliphatic rings. The number of furan rings is 1. The zero-order chi connectivity index (χ0) is 18.8. The molecular formula is C18H29NO5Si. The zero-order valence-electron chi connectivity index (χ0n) is 16.0. The van der Waals surface area contributed by atoms with E-state index in [4.69, 9.17) is 13.6 Å². The van der Waals surface area contributed by atoms with Gasteiger partial charge in [0.05, 0.1) is 12.5 Å². The Morgan fingerprint density at radius 1 is 1.24 bits per heavy atom. The Hall–Kier alpha value is -1.60. The number of carbonyl (C=O) groups is 2. The number of hydrogen-bond donors (Lipinski definition) is 0. The van der Waals surface area contributed by atoms with Crippen molar-refractivity contribution in [3.8, 4) is 0 Å². The Bertz CT molecular complexity index is 595. The van der Waals surface area contributed by atoms with Gasteiger partial charge in [-0.15, -0.1) is 0 Å². The van der Waals surface area contributed by atoms with E-state index < -0.39 is 32.2 Å². The van der Waals surface area contributed by atoms with E-state index in [1.54, 1.807) is 33.1 Å². The van der Waals surface area contributed by atoms with Gasteiger partial charge in [0.25, 0.3) is 5.91 Å². The van der Waals surface area contributed by atoms with Crippen LogP contribution in [0, 0.1) is 0 Å². The predicted molar refractivity (Wildman–Crippen MR) is 96.6 cm³/mol. The van der Waals surface area contributed by atoms with Crippen LogP contribution in [-0.2, 0) is 14.0 Å². The molecule has 2 amide bonds. The van der Waals surface area contributed by atoms with Crippen molar-refractivity contribution < 1.29 is 23.2 Å². The fourth-order valence-corrected chi connectivity index (χ4v) is 5.90. The number of hydrogen-bond acceptors (Lipinski definition) is 5. The van der Waals surface area contributed by atoms with Crippen LogP contribution in [0.25, 0.3) is 0 Å². The summed E-state index contributed by atoms with van der Waals surface area (Å²) in [6.07, 6.45) is 1.81. The highest BCUT2D eigenvalue weighted by molar-refractivity contribution is 6.73. The first-order valence-corrected chi connectivity index (χ1v) is 11.5. The maximum Gasteiger partial charge on any atom is 0.417 e. The molecule has 0 N–H and O–H groups in total. The molecule has 1 aromatic heterocycles. The highest BCUT2D eigenvalue weighted by Gasteiger charge is 2.56. The molecule has 1 saturated heterocycles. The molecule has 2 atom stereocenters. The summed E-state index contributed by atoms with van der Waals surface area (Å²) < 4.78 is 16.9. The normalized spacial score (nSPS) is 21.2. The maximum absolute atomic E-state index is 12.7. The van der Waals surface area contributed by atoms with E-state index in [0.717, 1.165) is 28.6 Å². The van der Waals surface area contributed by atoms with E-state index in [-0.39, 0.29) is 5.91 Å². The topological polar surface area (TPSA) is 69.0 Å². The van der Waals surface area contributed by atoms with Crippen molar-refractivity contribution in [3.63, 3.8) is 0 Å². The lowest BCUT2D eigenvalue weighted by atomic mass is 9.93. The number of carbonyl (C=O) groups excluding carboxylic acids is 2. The van der Waals surface area contributed by atoms with Crippen LogP contribution in [0.4, 0.5) is 4.79 Å². The van der Waals surface area contributed by atoms with Gasteiger partial charge in [0, 0.05) is 5.56 Å². The zero-order valence-corrected chi connectivity index (χ0v) is 17.0. The van der Waals surface area contributed by atoms with Crippen LogP contribution in [0.3, 0.4) is 0 Å². The summed E-state index contributed by atoms with van der Waals surface area (Å²) in [5, 5.41) is 0. The number of ether oxygens (including phenoxy) is 1. The van der Waals surface area contributed by atoms with Crippen molar-refractivity contribution in [3.05, 3.63) is 24.2 Å². The largest absolute Gasteiger partial charge is 0.472 e. The van der Waals surface area contributed by atoms with E-state index in [1.165, 1.54) is 6.26 Å². The number of likely N-dealkylation sites (tertiary alicyclic amines) is 1. The molecule has 0 spiro atoms. The quantitative estimate of drug-likeness (QED) is 0.547. The number of nitrogens with zero attached hydrogens (tertiary/aromatic N) is 1. The van der Waals surface area contributed by atoms with Gasteiger partial charge in [0.15, 0.2) is 14.4 Å². The first-order valence-electron chi connectivity index (χ1n) is 8.94. The van der Waals surface area contributed by atoms with Crippen molar-refractivity contribution in [2.75, 3.05) is 0 Å². The van der Waals surface area contributed by atoms with Crippen LogP contribution in [0.1, 0.15) is 53.1 Å². The third-order valence-corrected chi connectivity index (χ3v) is 9.45. The molecule has 1 fully saturated rings. The molecule has 0 aromatic carbocycles. The van der Waals surface area contributed by atoms with Gasteiger partial charge in [0.1, 0.15) is 11.6 Å². The van der Waals surface area contributed by atoms with E-state index >= 15 is 0 Å². The monoisotopic (exact) mass is 367 g/mol. The van der Waals surface area contributed by atoms with Gasteiger partial charge in [-0.1, -0.05) is 20.8 Å². The fourth-order valence-electron chi connectivity index (χ4n) is 3.13. The molecule has 0 aliphatic carbocycles. The van der Waals surface area contributed by atoms with E-state index in [9.17, 15) is 9.59 Å². The lowest BCUT2D eigenvalue weighted by Gasteiger charge is -2.48. The first kappa shape index (κ1) is 19.7. The third-order valence-electron chi connectivity index (χ3n) is 4.83. The third kappa shape index (κ3) is 3.98. The summed E-state index contributed by atoms with van der Waals surface area (Å²) >= 11 is 0. The van der Waals surface area contributed by atoms with E-state index in [2.05, 4.69) is 20.8 Å². The lowest BCUT2D eigenvalue weighted by molar-refractivity contribution is -0.162. The second-order valence-electron chi connectivity index (χ2n) is 7.47. The average molecular weight is 368 g/mol. The summed E-state index contributed by atoms with van der Waals surface area (Å²) in [6, 6.07) is 4.09.